The van der Waals surface area contributed by atoms with E-state index in [0.717, 1.165) is 18.9 Å². The molecule has 4 nitrogen and oxygen atoms in total. The van der Waals surface area contributed by atoms with Crippen molar-refractivity contribution in [2.75, 3.05) is 18.0 Å². The largest absolute Gasteiger partial charge is 0.356 e. The zero-order valence-corrected chi connectivity index (χ0v) is 10.4. The van der Waals surface area contributed by atoms with E-state index in [2.05, 4.69) is 15.2 Å². The molecule has 1 fully saturated rings. The van der Waals surface area contributed by atoms with Crippen LogP contribution in [0.5, 0.6) is 0 Å². The summed E-state index contributed by atoms with van der Waals surface area (Å²) in [6.45, 7) is 5.92. The van der Waals surface area contributed by atoms with Crippen LogP contribution >= 0.6 is 0 Å². The molecule has 1 saturated heterocycles. The zero-order valence-electron chi connectivity index (χ0n) is 10.4. The van der Waals surface area contributed by atoms with Crippen LogP contribution in [-0.2, 0) is 0 Å². The van der Waals surface area contributed by atoms with Crippen molar-refractivity contribution in [1.29, 1.82) is 0 Å². The summed E-state index contributed by atoms with van der Waals surface area (Å²) in [6, 6.07) is 3.81. The van der Waals surface area contributed by atoms with E-state index in [9.17, 15) is 4.79 Å². The van der Waals surface area contributed by atoms with E-state index in [4.69, 9.17) is 0 Å². The molecule has 1 aromatic heterocycles. The molecule has 1 amide bonds. The van der Waals surface area contributed by atoms with Gasteiger partial charge in [0.1, 0.15) is 5.82 Å². The highest BCUT2D eigenvalue weighted by atomic mass is 16.1. The second kappa shape index (κ2) is 5.17. The maximum atomic E-state index is 12.1. The normalized spacial score (nSPS) is 15.4. The van der Waals surface area contributed by atoms with Gasteiger partial charge in [0.05, 0.1) is 5.56 Å². The molecule has 2 heterocycles. The predicted molar refractivity (Wildman–Crippen MR) is 68.3 cm³/mol. The van der Waals surface area contributed by atoms with Crippen molar-refractivity contribution in [2.24, 2.45) is 0 Å². The Morgan fingerprint density at radius 3 is 2.76 bits per heavy atom. The number of pyridine rings is 1. The van der Waals surface area contributed by atoms with Gasteiger partial charge in [-0.3, -0.25) is 4.79 Å². The lowest BCUT2D eigenvalue weighted by atomic mass is 10.2. The van der Waals surface area contributed by atoms with Crippen molar-refractivity contribution >= 4 is 11.7 Å². The van der Waals surface area contributed by atoms with Crippen molar-refractivity contribution in [3.8, 4) is 0 Å². The van der Waals surface area contributed by atoms with Crippen molar-refractivity contribution in [3.05, 3.63) is 23.9 Å². The number of carbonyl (C=O) groups excluding carboxylic acids is 1. The average Bonchev–Trinajstić information content (AvgIpc) is 2.81. The van der Waals surface area contributed by atoms with E-state index in [0.29, 0.717) is 5.56 Å². The third-order valence-corrected chi connectivity index (χ3v) is 2.86. The molecule has 1 aromatic rings. The first kappa shape index (κ1) is 11.9. The summed E-state index contributed by atoms with van der Waals surface area (Å²) in [6.07, 6.45) is 4.11. The highest BCUT2D eigenvalue weighted by Crippen LogP contribution is 2.21. The molecule has 0 bridgehead atoms. The lowest BCUT2D eigenvalue weighted by Crippen LogP contribution is -2.32. The summed E-state index contributed by atoms with van der Waals surface area (Å²) < 4.78 is 0. The number of rotatable bonds is 3. The fourth-order valence-electron chi connectivity index (χ4n) is 2.10. The molecule has 17 heavy (non-hydrogen) atoms. The smallest absolute Gasteiger partial charge is 0.255 e. The fraction of sp³-hybridized carbons (Fsp3) is 0.538. The Labute approximate surface area is 102 Å². The van der Waals surface area contributed by atoms with Crippen molar-refractivity contribution in [3.63, 3.8) is 0 Å². The van der Waals surface area contributed by atoms with Gasteiger partial charge in [-0.1, -0.05) is 0 Å². The van der Waals surface area contributed by atoms with E-state index < -0.39 is 0 Å². The summed E-state index contributed by atoms with van der Waals surface area (Å²) in [4.78, 5) is 18.6. The van der Waals surface area contributed by atoms with Gasteiger partial charge < -0.3 is 10.2 Å². The topological polar surface area (TPSA) is 45.2 Å². The van der Waals surface area contributed by atoms with Gasteiger partial charge in [-0.05, 0) is 38.8 Å². The van der Waals surface area contributed by atoms with E-state index in [1.54, 1.807) is 6.20 Å². The Balaban J connectivity index is 2.23. The molecular weight excluding hydrogens is 214 g/mol. The highest BCUT2D eigenvalue weighted by molar-refractivity contribution is 5.99. The highest BCUT2D eigenvalue weighted by Gasteiger charge is 2.20. The maximum Gasteiger partial charge on any atom is 0.255 e. The van der Waals surface area contributed by atoms with Crippen LogP contribution in [0.15, 0.2) is 18.3 Å². The van der Waals surface area contributed by atoms with E-state index in [1.807, 2.05) is 26.0 Å². The minimum atomic E-state index is -0.0324. The molecule has 1 aliphatic heterocycles. The van der Waals surface area contributed by atoms with Gasteiger partial charge in [0, 0.05) is 25.3 Å². The summed E-state index contributed by atoms with van der Waals surface area (Å²) >= 11 is 0. The first-order valence-electron chi connectivity index (χ1n) is 6.19. The number of nitrogens with zero attached hydrogens (tertiary/aromatic N) is 2. The zero-order chi connectivity index (χ0) is 12.3. The van der Waals surface area contributed by atoms with Crippen molar-refractivity contribution in [1.82, 2.24) is 10.3 Å². The summed E-state index contributed by atoms with van der Waals surface area (Å²) in [5, 5.41) is 2.92. The SMILES string of the molecule is CC(C)NC(=O)c1cccnc1N1CCCC1. The quantitative estimate of drug-likeness (QED) is 0.866. The molecule has 0 aliphatic carbocycles. The molecule has 0 radical (unpaired) electrons. The summed E-state index contributed by atoms with van der Waals surface area (Å²) in [7, 11) is 0. The second-order valence-corrected chi connectivity index (χ2v) is 4.70. The van der Waals surface area contributed by atoms with Gasteiger partial charge in [-0.15, -0.1) is 0 Å². The standard InChI is InChI=1S/C13H19N3O/c1-10(2)15-13(17)11-6-5-7-14-12(11)16-8-3-4-9-16/h5-7,10H,3-4,8-9H2,1-2H3,(H,15,17). The van der Waals surface area contributed by atoms with Crippen LogP contribution in [0.1, 0.15) is 37.0 Å². The Bertz CT molecular complexity index is 397. The number of hydrogen-bond acceptors (Lipinski definition) is 3. The van der Waals surface area contributed by atoms with Gasteiger partial charge in [-0.2, -0.15) is 0 Å². The Kier molecular flexibility index (Phi) is 3.61. The van der Waals surface area contributed by atoms with Crippen LogP contribution < -0.4 is 10.2 Å². The van der Waals surface area contributed by atoms with Gasteiger partial charge >= 0.3 is 0 Å². The number of nitrogens with one attached hydrogen (secondary N) is 1. The van der Waals surface area contributed by atoms with Gasteiger partial charge in [0.2, 0.25) is 0 Å². The van der Waals surface area contributed by atoms with Crippen LogP contribution in [0, 0.1) is 0 Å². The molecule has 0 atom stereocenters. The molecule has 0 unspecified atom stereocenters. The molecule has 0 spiro atoms. The van der Waals surface area contributed by atoms with Crippen LogP contribution in [-0.4, -0.2) is 30.0 Å². The fourth-order valence-corrected chi connectivity index (χ4v) is 2.10. The molecule has 0 aromatic carbocycles. The number of hydrogen-bond donors (Lipinski definition) is 1. The number of aromatic nitrogens is 1. The second-order valence-electron chi connectivity index (χ2n) is 4.70. The minimum Gasteiger partial charge on any atom is -0.356 e. The maximum absolute atomic E-state index is 12.1. The van der Waals surface area contributed by atoms with Gasteiger partial charge in [-0.25, -0.2) is 4.98 Å². The lowest BCUT2D eigenvalue weighted by Gasteiger charge is -2.19. The molecular formula is C13H19N3O. The third kappa shape index (κ3) is 2.75. The van der Waals surface area contributed by atoms with Crippen molar-refractivity contribution < 1.29 is 4.79 Å². The third-order valence-electron chi connectivity index (χ3n) is 2.86. The van der Waals surface area contributed by atoms with Gasteiger partial charge in [0.25, 0.3) is 5.91 Å². The molecule has 4 heteroatoms. The van der Waals surface area contributed by atoms with Crippen molar-refractivity contribution in [2.45, 2.75) is 32.7 Å². The lowest BCUT2D eigenvalue weighted by molar-refractivity contribution is 0.0943. The molecule has 92 valence electrons. The van der Waals surface area contributed by atoms with E-state index >= 15 is 0 Å². The monoisotopic (exact) mass is 233 g/mol. The summed E-state index contributed by atoms with van der Waals surface area (Å²) in [5.41, 5.74) is 0.683. The van der Waals surface area contributed by atoms with Crippen LogP contribution in [0.25, 0.3) is 0 Å². The number of carbonyl (C=O) groups is 1. The van der Waals surface area contributed by atoms with Gasteiger partial charge in [0.15, 0.2) is 0 Å². The molecule has 2 rings (SSSR count). The number of anilines is 1. The number of amides is 1. The molecule has 1 aliphatic rings. The Morgan fingerprint density at radius 2 is 2.12 bits per heavy atom. The molecule has 0 saturated carbocycles. The van der Waals surface area contributed by atoms with Crippen LogP contribution in [0.3, 0.4) is 0 Å². The Morgan fingerprint density at radius 1 is 1.41 bits per heavy atom. The average molecular weight is 233 g/mol. The Hall–Kier alpha value is -1.58. The van der Waals surface area contributed by atoms with Crippen LogP contribution in [0.4, 0.5) is 5.82 Å². The molecule has 1 N–H and O–H groups in total. The minimum absolute atomic E-state index is 0.0324. The van der Waals surface area contributed by atoms with E-state index in [-0.39, 0.29) is 11.9 Å². The first-order valence-corrected chi connectivity index (χ1v) is 6.19. The summed E-state index contributed by atoms with van der Waals surface area (Å²) in [5.74, 6) is 0.790. The first-order chi connectivity index (χ1) is 8.18. The van der Waals surface area contributed by atoms with Crippen LogP contribution in [0.2, 0.25) is 0 Å². The van der Waals surface area contributed by atoms with E-state index in [1.165, 1.54) is 12.8 Å². The predicted octanol–water partition coefficient (Wildman–Crippen LogP) is 1.82.